The van der Waals surface area contributed by atoms with Crippen LogP contribution in [0.3, 0.4) is 0 Å². The highest BCUT2D eigenvalue weighted by Gasteiger charge is 2.39. The lowest BCUT2D eigenvalue weighted by atomic mass is 9.73. The molecule has 5 nitrogen and oxygen atoms in total. The van der Waals surface area contributed by atoms with Gasteiger partial charge in [-0.3, -0.25) is 4.79 Å². The maximum atomic E-state index is 12.4. The van der Waals surface area contributed by atoms with Crippen molar-refractivity contribution in [3.8, 4) is 0 Å². The van der Waals surface area contributed by atoms with Crippen LogP contribution < -0.4 is 5.32 Å². The van der Waals surface area contributed by atoms with E-state index in [1.807, 2.05) is 4.90 Å². The van der Waals surface area contributed by atoms with E-state index in [2.05, 4.69) is 22.1 Å². The van der Waals surface area contributed by atoms with Crippen LogP contribution in [0.15, 0.2) is 4.99 Å². The van der Waals surface area contributed by atoms with E-state index in [9.17, 15) is 4.79 Å². The molecule has 1 amide bonds. The second kappa shape index (κ2) is 9.97. The molecule has 0 aromatic carbocycles. The van der Waals surface area contributed by atoms with Gasteiger partial charge >= 0.3 is 0 Å². The summed E-state index contributed by atoms with van der Waals surface area (Å²) in [4.78, 5) is 21.5. The van der Waals surface area contributed by atoms with Gasteiger partial charge in [0.2, 0.25) is 5.91 Å². The zero-order valence-corrected chi connectivity index (χ0v) is 18.1. The Morgan fingerprint density at radius 2 is 1.64 bits per heavy atom. The number of piperidine rings is 1. The third-order valence-electron chi connectivity index (χ3n) is 6.06. The molecule has 3 fully saturated rings. The molecule has 6 heteroatoms. The standard InChI is InChI=1S/C19H34N4O.HI/c1-2-20-18(21-15-17(24)22-12-7-4-8-13-22)23-14-11-19(16-23)9-5-3-6-10-19;/h2-16H2,1H3,(H,20,21);1H. The van der Waals surface area contributed by atoms with Crippen molar-refractivity contribution in [3.05, 3.63) is 0 Å². The molecule has 1 saturated carbocycles. The fourth-order valence-corrected chi connectivity index (χ4v) is 4.64. The first kappa shape index (κ1) is 20.8. The van der Waals surface area contributed by atoms with E-state index in [0.29, 0.717) is 12.0 Å². The Labute approximate surface area is 170 Å². The van der Waals surface area contributed by atoms with Crippen LogP contribution in [0.2, 0.25) is 0 Å². The van der Waals surface area contributed by atoms with Crippen LogP contribution in [0.5, 0.6) is 0 Å². The molecule has 1 N–H and O–H groups in total. The number of hydrogen-bond acceptors (Lipinski definition) is 2. The first-order valence-electron chi connectivity index (χ1n) is 10.0. The van der Waals surface area contributed by atoms with Crippen LogP contribution in [0.25, 0.3) is 0 Å². The van der Waals surface area contributed by atoms with Gasteiger partial charge in [0.15, 0.2) is 5.96 Å². The second-order valence-electron chi connectivity index (χ2n) is 7.84. The van der Waals surface area contributed by atoms with E-state index < -0.39 is 0 Å². The van der Waals surface area contributed by atoms with E-state index in [4.69, 9.17) is 0 Å². The van der Waals surface area contributed by atoms with Gasteiger partial charge < -0.3 is 15.1 Å². The molecular formula is C19H35IN4O. The summed E-state index contributed by atoms with van der Waals surface area (Å²) in [6, 6.07) is 0. The third kappa shape index (κ3) is 5.47. The van der Waals surface area contributed by atoms with Gasteiger partial charge in [-0.1, -0.05) is 19.3 Å². The molecule has 2 aliphatic heterocycles. The molecule has 3 aliphatic rings. The number of guanidine groups is 1. The van der Waals surface area contributed by atoms with Crippen molar-refractivity contribution in [1.29, 1.82) is 0 Å². The van der Waals surface area contributed by atoms with Crippen LogP contribution >= 0.6 is 24.0 Å². The maximum absolute atomic E-state index is 12.4. The van der Waals surface area contributed by atoms with Gasteiger partial charge in [-0.25, -0.2) is 4.99 Å². The average Bonchev–Trinajstić information content (AvgIpc) is 3.03. The van der Waals surface area contributed by atoms with Crippen molar-refractivity contribution >= 4 is 35.8 Å². The zero-order chi connectivity index (χ0) is 16.8. The smallest absolute Gasteiger partial charge is 0.244 e. The summed E-state index contributed by atoms with van der Waals surface area (Å²) in [7, 11) is 0. The zero-order valence-electron chi connectivity index (χ0n) is 15.8. The second-order valence-corrected chi connectivity index (χ2v) is 7.84. The van der Waals surface area contributed by atoms with Crippen LogP contribution in [-0.2, 0) is 4.79 Å². The van der Waals surface area contributed by atoms with Crippen LogP contribution in [0.1, 0.15) is 64.7 Å². The van der Waals surface area contributed by atoms with Gasteiger partial charge in [-0.05, 0) is 50.9 Å². The van der Waals surface area contributed by atoms with E-state index in [1.165, 1.54) is 44.9 Å². The van der Waals surface area contributed by atoms with E-state index >= 15 is 0 Å². The summed E-state index contributed by atoms with van der Waals surface area (Å²) >= 11 is 0. The van der Waals surface area contributed by atoms with Gasteiger partial charge in [0.25, 0.3) is 0 Å². The van der Waals surface area contributed by atoms with Crippen LogP contribution in [0, 0.1) is 5.41 Å². The lowest BCUT2D eigenvalue weighted by Crippen LogP contribution is -2.43. The topological polar surface area (TPSA) is 47.9 Å². The predicted octanol–water partition coefficient (Wildman–Crippen LogP) is 3.24. The van der Waals surface area contributed by atoms with Crippen molar-refractivity contribution < 1.29 is 4.79 Å². The van der Waals surface area contributed by atoms with Crippen molar-refractivity contribution in [2.24, 2.45) is 10.4 Å². The van der Waals surface area contributed by atoms with Gasteiger partial charge in [0.05, 0.1) is 0 Å². The number of rotatable bonds is 3. The molecule has 1 aliphatic carbocycles. The largest absolute Gasteiger partial charge is 0.357 e. The number of aliphatic imine (C=N–C) groups is 1. The van der Waals surface area contributed by atoms with E-state index in [-0.39, 0.29) is 29.9 Å². The molecule has 2 saturated heterocycles. The molecular weight excluding hydrogens is 427 g/mol. The minimum atomic E-state index is 0. The number of carbonyl (C=O) groups excluding carboxylic acids is 1. The molecule has 2 heterocycles. The molecule has 3 rings (SSSR count). The number of nitrogens with one attached hydrogen (secondary N) is 1. The quantitative estimate of drug-likeness (QED) is 0.398. The number of nitrogens with zero attached hydrogens (tertiary/aromatic N) is 3. The van der Waals surface area contributed by atoms with Crippen molar-refractivity contribution in [3.63, 3.8) is 0 Å². The molecule has 1 spiro atoms. The normalized spacial score (nSPS) is 23.5. The van der Waals surface area contributed by atoms with Gasteiger partial charge in [0.1, 0.15) is 6.54 Å². The summed E-state index contributed by atoms with van der Waals surface area (Å²) in [5.41, 5.74) is 0.519. The Bertz CT molecular complexity index is 456. The van der Waals surface area contributed by atoms with Crippen LogP contribution in [-0.4, -0.2) is 60.9 Å². The summed E-state index contributed by atoms with van der Waals surface area (Å²) in [6.45, 7) is 7.30. The number of carbonyl (C=O) groups is 1. The monoisotopic (exact) mass is 462 g/mol. The van der Waals surface area contributed by atoms with Crippen molar-refractivity contribution in [1.82, 2.24) is 15.1 Å². The van der Waals surface area contributed by atoms with Crippen LogP contribution in [0.4, 0.5) is 0 Å². The molecule has 0 aromatic rings. The number of hydrogen-bond donors (Lipinski definition) is 1. The fourth-order valence-electron chi connectivity index (χ4n) is 4.64. The first-order chi connectivity index (χ1) is 11.7. The highest BCUT2D eigenvalue weighted by atomic mass is 127. The molecule has 25 heavy (non-hydrogen) atoms. The lowest BCUT2D eigenvalue weighted by molar-refractivity contribution is -0.130. The molecule has 144 valence electrons. The number of halogens is 1. The lowest BCUT2D eigenvalue weighted by Gasteiger charge is -2.33. The summed E-state index contributed by atoms with van der Waals surface area (Å²) in [5, 5.41) is 3.41. The SMILES string of the molecule is CCNC(=NCC(=O)N1CCCCC1)N1CCC2(CCCCC2)C1.I. The molecule has 0 unspecified atom stereocenters. The Balaban J connectivity index is 0.00000225. The number of amides is 1. The molecule has 0 radical (unpaired) electrons. The minimum absolute atomic E-state index is 0. The predicted molar refractivity (Wildman–Crippen MR) is 114 cm³/mol. The maximum Gasteiger partial charge on any atom is 0.244 e. The van der Waals surface area contributed by atoms with Gasteiger partial charge in [0, 0.05) is 32.7 Å². The fraction of sp³-hybridized carbons (Fsp3) is 0.895. The molecule has 0 atom stereocenters. The Kier molecular flexibility index (Phi) is 8.29. The van der Waals surface area contributed by atoms with Crippen molar-refractivity contribution in [2.45, 2.75) is 64.7 Å². The molecule has 0 bridgehead atoms. The van der Waals surface area contributed by atoms with E-state index in [1.54, 1.807) is 0 Å². The highest BCUT2D eigenvalue weighted by molar-refractivity contribution is 14.0. The highest BCUT2D eigenvalue weighted by Crippen LogP contribution is 2.43. The first-order valence-corrected chi connectivity index (χ1v) is 10.0. The Hall–Kier alpha value is -0.530. The molecule has 0 aromatic heterocycles. The third-order valence-corrected chi connectivity index (χ3v) is 6.06. The van der Waals surface area contributed by atoms with Gasteiger partial charge in [-0.15, -0.1) is 24.0 Å². The number of likely N-dealkylation sites (tertiary alicyclic amines) is 2. The minimum Gasteiger partial charge on any atom is -0.357 e. The Morgan fingerprint density at radius 1 is 0.960 bits per heavy atom. The summed E-state index contributed by atoms with van der Waals surface area (Å²) < 4.78 is 0. The summed E-state index contributed by atoms with van der Waals surface area (Å²) in [6.07, 6.45) is 11.7. The average molecular weight is 462 g/mol. The van der Waals surface area contributed by atoms with Crippen molar-refractivity contribution in [2.75, 3.05) is 39.3 Å². The Morgan fingerprint density at radius 3 is 2.32 bits per heavy atom. The van der Waals surface area contributed by atoms with E-state index in [0.717, 1.165) is 51.5 Å². The van der Waals surface area contributed by atoms with Gasteiger partial charge in [-0.2, -0.15) is 0 Å². The summed E-state index contributed by atoms with van der Waals surface area (Å²) in [5.74, 6) is 1.14.